The van der Waals surface area contributed by atoms with Crippen molar-refractivity contribution in [1.82, 2.24) is 15.3 Å². The maximum atomic E-state index is 13.2. The van der Waals surface area contributed by atoms with Crippen LogP contribution in [0.15, 0.2) is 59.3 Å². The van der Waals surface area contributed by atoms with Crippen LogP contribution in [0.5, 0.6) is 0 Å². The van der Waals surface area contributed by atoms with Gasteiger partial charge in [-0.15, -0.1) is 0 Å². The monoisotopic (exact) mass is 412 g/mol. The molecule has 1 aliphatic heterocycles. The summed E-state index contributed by atoms with van der Waals surface area (Å²) >= 11 is 0. The zero-order chi connectivity index (χ0) is 20.8. The van der Waals surface area contributed by atoms with E-state index in [9.17, 15) is 4.79 Å². The fraction of sp³-hybridized carbons (Fsp3) is 0.320. The first kappa shape index (κ1) is 18.4. The predicted molar refractivity (Wildman–Crippen MR) is 120 cm³/mol. The molecular formula is C25H24N4O2. The van der Waals surface area contributed by atoms with Gasteiger partial charge in [-0.2, -0.15) is 0 Å². The molecule has 4 aromatic rings. The third-order valence-corrected chi connectivity index (χ3v) is 6.68. The number of aromatic nitrogens is 2. The highest BCUT2D eigenvalue weighted by Crippen LogP contribution is 2.35. The number of piperidine rings is 1. The third-order valence-electron chi connectivity index (χ3n) is 6.68. The molecule has 6 rings (SSSR count). The largest absolute Gasteiger partial charge is 0.450 e. The fourth-order valence-corrected chi connectivity index (χ4v) is 5.12. The number of furan rings is 1. The van der Waals surface area contributed by atoms with Gasteiger partial charge in [-0.3, -0.25) is 4.79 Å². The van der Waals surface area contributed by atoms with E-state index in [0.717, 1.165) is 54.5 Å². The van der Waals surface area contributed by atoms with Crippen LogP contribution >= 0.6 is 0 Å². The van der Waals surface area contributed by atoms with Gasteiger partial charge < -0.3 is 14.6 Å². The van der Waals surface area contributed by atoms with Gasteiger partial charge in [0.15, 0.2) is 11.4 Å². The number of para-hydroxylation sites is 1. The molecule has 0 radical (unpaired) electrons. The zero-order valence-electron chi connectivity index (χ0n) is 17.3. The summed E-state index contributed by atoms with van der Waals surface area (Å²) in [5.74, 6) is 0.863. The summed E-state index contributed by atoms with van der Waals surface area (Å²) in [6, 6.07) is 16.5. The molecule has 1 aliphatic carbocycles. The lowest BCUT2D eigenvalue weighted by molar-refractivity contribution is -0.126. The first-order valence-electron chi connectivity index (χ1n) is 11.0. The lowest BCUT2D eigenvalue weighted by atomic mass is 9.96. The Morgan fingerprint density at radius 3 is 2.90 bits per heavy atom. The van der Waals surface area contributed by atoms with E-state index in [2.05, 4.69) is 44.5 Å². The summed E-state index contributed by atoms with van der Waals surface area (Å²) in [4.78, 5) is 24.3. The Hall–Kier alpha value is -3.41. The predicted octanol–water partition coefficient (Wildman–Crippen LogP) is 4.40. The second-order valence-electron chi connectivity index (χ2n) is 8.56. The van der Waals surface area contributed by atoms with E-state index in [0.29, 0.717) is 12.1 Å². The van der Waals surface area contributed by atoms with Crippen molar-refractivity contribution in [3.05, 3.63) is 66.0 Å². The Morgan fingerprint density at radius 2 is 1.94 bits per heavy atom. The summed E-state index contributed by atoms with van der Waals surface area (Å²) in [7, 11) is 0. The van der Waals surface area contributed by atoms with Crippen molar-refractivity contribution in [2.45, 2.75) is 31.7 Å². The molecule has 1 saturated heterocycles. The van der Waals surface area contributed by atoms with Gasteiger partial charge >= 0.3 is 0 Å². The smallest absolute Gasteiger partial charge is 0.225 e. The lowest BCUT2D eigenvalue weighted by Crippen LogP contribution is -2.44. The number of nitrogens with one attached hydrogen (secondary N) is 1. The summed E-state index contributed by atoms with van der Waals surface area (Å²) in [6.45, 7) is 1.50. The molecule has 31 heavy (non-hydrogen) atoms. The quantitative estimate of drug-likeness (QED) is 0.540. The minimum absolute atomic E-state index is 0.0593. The van der Waals surface area contributed by atoms with Crippen LogP contribution in [-0.2, 0) is 11.2 Å². The summed E-state index contributed by atoms with van der Waals surface area (Å²) in [5, 5.41) is 4.31. The molecule has 0 spiro atoms. The molecule has 6 nitrogen and oxygen atoms in total. The lowest BCUT2D eigenvalue weighted by Gasteiger charge is -2.33. The summed E-state index contributed by atoms with van der Waals surface area (Å²) in [5.41, 5.74) is 4.96. The number of aryl methyl sites for hydroxylation is 1. The topological polar surface area (TPSA) is 71.3 Å². The summed E-state index contributed by atoms with van der Waals surface area (Å²) in [6.07, 6.45) is 5.45. The van der Waals surface area contributed by atoms with E-state index in [-0.39, 0.29) is 17.9 Å². The van der Waals surface area contributed by atoms with Crippen LogP contribution in [0.3, 0.4) is 0 Å². The van der Waals surface area contributed by atoms with Crippen molar-refractivity contribution in [2.75, 3.05) is 18.0 Å². The number of hydrogen-bond donors (Lipinski definition) is 1. The van der Waals surface area contributed by atoms with Gasteiger partial charge in [-0.1, -0.05) is 36.4 Å². The Morgan fingerprint density at radius 1 is 1.06 bits per heavy atom. The number of hydrogen-bond acceptors (Lipinski definition) is 5. The highest BCUT2D eigenvalue weighted by Gasteiger charge is 2.31. The van der Waals surface area contributed by atoms with Crippen LogP contribution in [0.4, 0.5) is 5.82 Å². The van der Waals surface area contributed by atoms with Gasteiger partial charge in [0.25, 0.3) is 0 Å². The van der Waals surface area contributed by atoms with Crippen molar-refractivity contribution >= 4 is 33.8 Å². The van der Waals surface area contributed by atoms with Crippen LogP contribution in [0.2, 0.25) is 0 Å². The van der Waals surface area contributed by atoms with E-state index in [1.807, 2.05) is 24.3 Å². The highest BCUT2D eigenvalue weighted by atomic mass is 16.3. The molecule has 1 N–H and O–H groups in total. The van der Waals surface area contributed by atoms with Gasteiger partial charge in [0.1, 0.15) is 17.4 Å². The third kappa shape index (κ3) is 3.14. The number of anilines is 1. The number of carbonyl (C=O) groups excluding carboxylic acids is 1. The molecule has 0 saturated carbocycles. The normalized spacial score (nSPS) is 20.8. The van der Waals surface area contributed by atoms with E-state index >= 15 is 0 Å². The first-order chi connectivity index (χ1) is 15.3. The van der Waals surface area contributed by atoms with Gasteiger partial charge in [-0.05, 0) is 48.9 Å². The second kappa shape index (κ2) is 7.38. The Bertz CT molecular complexity index is 1280. The molecule has 2 aromatic heterocycles. The van der Waals surface area contributed by atoms with Crippen LogP contribution < -0.4 is 10.2 Å². The second-order valence-corrected chi connectivity index (χ2v) is 8.56. The number of carbonyl (C=O) groups is 1. The molecule has 2 atom stereocenters. The molecule has 2 aromatic carbocycles. The highest BCUT2D eigenvalue weighted by molar-refractivity contribution is 6.05. The molecule has 0 unspecified atom stereocenters. The molecule has 2 aliphatic rings. The average molecular weight is 412 g/mol. The van der Waals surface area contributed by atoms with E-state index in [1.54, 1.807) is 6.33 Å². The van der Waals surface area contributed by atoms with Crippen LogP contribution in [0.25, 0.3) is 22.1 Å². The van der Waals surface area contributed by atoms with Crippen LogP contribution in [0.1, 0.15) is 36.4 Å². The van der Waals surface area contributed by atoms with Gasteiger partial charge in [0.05, 0.1) is 12.0 Å². The minimum Gasteiger partial charge on any atom is -0.450 e. The van der Waals surface area contributed by atoms with Gasteiger partial charge in [-0.25, -0.2) is 9.97 Å². The molecule has 1 amide bonds. The number of amides is 1. The van der Waals surface area contributed by atoms with Crippen LogP contribution in [-0.4, -0.2) is 29.0 Å². The minimum atomic E-state index is -0.0593. The number of nitrogens with zero attached hydrogens (tertiary/aromatic N) is 3. The van der Waals surface area contributed by atoms with Crippen molar-refractivity contribution in [2.24, 2.45) is 5.92 Å². The number of benzene rings is 2. The van der Waals surface area contributed by atoms with E-state index in [4.69, 9.17) is 4.42 Å². The molecular weight excluding hydrogens is 388 g/mol. The number of rotatable bonds is 3. The SMILES string of the molecule is O=C(N[C@H]1CCc2ccccc21)[C@@H]1CCCN(c2ncnc3c2oc2ccccc23)C1. The fourth-order valence-electron chi connectivity index (χ4n) is 5.12. The summed E-state index contributed by atoms with van der Waals surface area (Å²) < 4.78 is 6.11. The van der Waals surface area contributed by atoms with Crippen LogP contribution in [0, 0.1) is 5.92 Å². The molecule has 156 valence electrons. The molecule has 3 heterocycles. The Labute approximate surface area is 180 Å². The van der Waals surface area contributed by atoms with E-state index in [1.165, 1.54) is 11.1 Å². The maximum Gasteiger partial charge on any atom is 0.225 e. The average Bonchev–Trinajstić information content (AvgIpc) is 3.40. The standard InChI is InChI=1S/C25H24N4O2/c30-25(28-20-12-11-16-6-1-2-8-18(16)20)17-7-5-13-29(14-17)24-23-22(26-15-27-24)19-9-3-4-10-21(19)31-23/h1-4,6,8-10,15,17,20H,5,7,11-14H2,(H,28,30)/t17-,20+/m1/s1. The zero-order valence-corrected chi connectivity index (χ0v) is 17.3. The van der Waals surface area contributed by atoms with Gasteiger partial charge in [0.2, 0.25) is 5.91 Å². The maximum absolute atomic E-state index is 13.2. The van der Waals surface area contributed by atoms with E-state index < -0.39 is 0 Å². The molecule has 1 fully saturated rings. The van der Waals surface area contributed by atoms with Gasteiger partial charge in [0, 0.05) is 18.5 Å². The first-order valence-corrected chi connectivity index (χ1v) is 11.0. The molecule has 6 heteroatoms. The molecule has 0 bridgehead atoms. The van der Waals surface area contributed by atoms with Crippen molar-refractivity contribution in [3.8, 4) is 0 Å². The Kier molecular flexibility index (Phi) is 4.37. The van der Waals surface area contributed by atoms with Crippen molar-refractivity contribution < 1.29 is 9.21 Å². The number of fused-ring (bicyclic) bond motifs is 4. The van der Waals surface area contributed by atoms with Crippen molar-refractivity contribution in [1.29, 1.82) is 0 Å². The Balaban J connectivity index is 1.24. The van der Waals surface area contributed by atoms with Crippen molar-refractivity contribution in [3.63, 3.8) is 0 Å².